The van der Waals surface area contributed by atoms with Gasteiger partial charge < -0.3 is 10.5 Å². The van der Waals surface area contributed by atoms with Gasteiger partial charge in [0.25, 0.3) is 0 Å². The summed E-state index contributed by atoms with van der Waals surface area (Å²) < 4.78 is 6.08. The van der Waals surface area contributed by atoms with Gasteiger partial charge in [-0.05, 0) is 55.1 Å². The first-order valence-electron chi connectivity index (χ1n) is 7.19. The molecule has 0 fully saturated rings. The van der Waals surface area contributed by atoms with Crippen molar-refractivity contribution in [2.45, 2.75) is 38.7 Å². The molecular weight excluding hydrogens is 234 g/mol. The smallest absolute Gasteiger partial charge is 0.120 e. The Labute approximate surface area is 115 Å². The third-order valence-electron chi connectivity index (χ3n) is 3.46. The van der Waals surface area contributed by atoms with Crippen molar-refractivity contribution in [1.29, 1.82) is 0 Å². The lowest BCUT2D eigenvalue weighted by Crippen LogP contribution is -2.15. The first kappa shape index (κ1) is 13.9. The number of hydrogen-bond acceptors (Lipinski definition) is 2. The minimum atomic E-state index is 0.299. The van der Waals surface area contributed by atoms with E-state index in [-0.39, 0.29) is 0 Å². The lowest BCUT2D eigenvalue weighted by Gasteiger charge is -2.17. The predicted octanol–water partition coefficient (Wildman–Crippen LogP) is 4.13. The van der Waals surface area contributed by atoms with Gasteiger partial charge >= 0.3 is 0 Å². The van der Waals surface area contributed by atoms with Crippen LogP contribution in [0.15, 0.2) is 42.5 Å². The zero-order valence-corrected chi connectivity index (χ0v) is 11.6. The van der Waals surface area contributed by atoms with Crippen LogP contribution in [0.25, 0.3) is 10.8 Å². The third kappa shape index (κ3) is 3.97. The van der Waals surface area contributed by atoms with Crippen LogP contribution in [0.3, 0.4) is 0 Å². The fourth-order valence-electron chi connectivity index (χ4n) is 2.30. The monoisotopic (exact) mass is 257 g/mol. The number of hydrogen-bond donors (Lipinski definition) is 1. The summed E-state index contributed by atoms with van der Waals surface area (Å²) in [5.41, 5.74) is 5.53. The van der Waals surface area contributed by atoms with Crippen LogP contribution in [0.5, 0.6) is 5.75 Å². The fraction of sp³-hybridized carbons (Fsp3) is 0.412. The van der Waals surface area contributed by atoms with E-state index in [1.807, 2.05) is 0 Å². The molecule has 0 aliphatic rings. The molecule has 0 spiro atoms. The molecule has 0 amide bonds. The maximum absolute atomic E-state index is 6.08. The first-order valence-corrected chi connectivity index (χ1v) is 7.19. The van der Waals surface area contributed by atoms with Crippen LogP contribution < -0.4 is 10.5 Å². The SMILES string of the molecule is CCC(CCCCN)Oc1ccc2ccccc2c1. The van der Waals surface area contributed by atoms with Crippen LogP contribution in [-0.4, -0.2) is 12.6 Å². The molecule has 2 N–H and O–H groups in total. The van der Waals surface area contributed by atoms with E-state index in [0.29, 0.717) is 6.10 Å². The van der Waals surface area contributed by atoms with E-state index in [9.17, 15) is 0 Å². The molecule has 0 aliphatic carbocycles. The van der Waals surface area contributed by atoms with Crippen molar-refractivity contribution in [3.63, 3.8) is 0 Å². The molecule has 2 rings (SSSR count). The molecule has 2 aromatic rings. The van der Waals surface area contributed by atoms with E-state index < -0.39 is 0 Å². The van der Waals surface area contributed by atoms with Crippen LogP contribution in [0.1, 0.15) is 32.6 Å². The minimum Gasteiger partial charge on any atom is -0.490 e. The summed E-state index contributed by atoms with van der Waals surface area (Å²) in [6.45, 7) is 2.95. The summed E-state index contributed by atoms with van der Waals surface area (Å²) in [7, 11) is 0. The fourth-order valence-corrected chi connectivity index (χ4v) is 2.30. The van der Waals surface area contributed by atoms with E-state index >= 15 is 0 Å². The number of benzene rings is 2. The van der Waals surface area contributed by atoms with Crippen LogP contribution in [0.4, 0.5) is 0 Å². The van der Waals surface area contributed by atoms with Gasteiger partial charge in [0.2, 0.25) is 0 Å². The number of rotatable bonds is 7. The highest BCUT2D eigenvalue weighted by Gasteiger charge is 2.08. The lowest BCUT2D eigenvalue weighted by atomic mass is 10.1. The highest BCUT2D eigenvalue weighted by molar-refractivity contribution is 5.83. The number of nitrogens with two attached hydrogens (primary N) is 1. The van der Waals surface area contributed by atoms with Crippen molar-refractivity contribution < 1.29 is 4.74 Å². The van der Waals surface area contributed by atoms with Gasteiger partial charge in [0.15, 0.2) is 0 Å². The van der Waals surface area contributed by atoms with E-state index in [4.69, 9.17) is 10.5 Å². The molecule has 0 aromatic heterocycles. The van der Waals surface area contributed by atoms with E-state index in [2.05, 4.69) is 49.4 Å². The Bertz CT molecular complexity index is 509. The van der Waals surface area contributed by atoms with Crippen LogP contribution >= 0.6 is 0 Å². The molecule has 2 heteroatoms. The van der Waals surface area contributed by atoms with E-state index in [1.165, 1.54) is 10.8 Å². The Morgan fingerprint density at radius 1 is 1.05 bits per heavy atom. The molecule has 0 bridgehead atoms. The molecule has 0 aliphatic heterocycles. The highest BCUT2D eigenvalue weighted by Crippen LogP contribution is 2.23. The summed E-state index contributed by atoms with van der Waals surface area (Å²) >= 11 is 0. The lowest BCUT2D eigenvalue weighted by molar-refractivity contribution is 0.183. The Hall–Kier alpha value is -1.54. The average Bonchev–Trinajstić information content (AvgIpc) is 2.46. The van der Waals surface area contributed by atoms with Crippen molar-refractivity contribution in [1.82, 2.24) is 0 Å². The highest BCUT2D eigenvalue weighted by atomic mass is 16.5. The van der Waals surface area contributed by atoms with Gasteiger partial charge in [0.05, 0.1) is 6.10 Å². The Morgan fingerprint density at radius 3 is 2.58 bits per heavy atom. The van der Waals surface area contributed by atoms with E-state index in [1.54, 1.807) is 0 Å². The van der Waals surface area contributed by atoms with Crippen molar-refractivity contribution in [3.05, 3.63) is 42.5 Å². The van der Waals surface area contributed by atoms with Crippen molar-refractivity contribution in [3.8, 4) is 5.75 Å². The first-order chi connectivity index (χ1) is 9.33. The quantitative estimate of drug-likeness (QED) is 0.757. The topological polar surface area (TPSA) is 35.2 Å². The van der Waals surface area contributed by atoms with Gasteiger partial charge in [-0.25, -0.2) is 0 Å². The average molecular weight is 257 g/mol. The zero-order valence-electron chi connectivity index (χ0n) is 11.6. The Kier molecular flexibility index (Phi) is 5.22. The predicted molar refractivity (Wildman–Crippen MR) is 81.6 cm³/mol. The number of ether oxygens (including phenoxy) is 1. The molecule has 0 saturated heterocycles. The second kappa shape index (κ2) is 7.15. The Balaban J connectivity index is 2.02. The van der Waals surface area contributed by atoms with Gasteiger partial charge in [-0.15, -0.1) is 0 Å². The van der Waals surface area contributed by atoms with Crippen LogP contribution in [-0.2, 0) is 0 Å². The molecule has 0 saturated carbocycles. The van der Waals surface area contributed by atoms with E-state index in [0.717, 1.165) is 38.0 Å². The molecule has 2 nitrogen and oxygen atoms in total. The van der Waals surface area contributed by atoms with Crippen molar-refractivity contribution >= 4 is 10.8 Å². The van der Waals surface area contributed by atoms with Crippen LogP contribution in [0, 0.1) is 0 Å². The second-order valence-corrected chi connectivity index (χ2v) is 4.94. The molecular formula is C17H23NO. The van der Waals surface area contributed by atoms with Gasteiger partial charge in [-0.3, -0.25) is 0 Å². The number of unbranched alkanes of at least 4 members (excludes halogenated alkanes) is 1. The zero-order chi connectivity index (χ0) is 13.5. The molecule has 19 heavy (non-hydrogen) atoms. The van der Waals surface area contributed by atoms with Crippen molar-refractivity contribution in [2.24, 2.45) is 5.73 Å². The summed E-state index contributed by atoms with van der Waals surface area (Å²) in [6.07, 6.45) is 4.64. The molecule has 0 heterocycles. The maximum atomic E-state index is 6.08. The summed E-state index contributed by atoms with van der Waals surface area (Å²) in [5, 5.41) is 2.49. The summed E-state index contributed by atoms with van der Waals surface area (Å²) in [4.78, 5) is 0. The minimum absolute atomic E-state index is 0.299. The summed E-state index contributed by atoms with van der Waals surface area (Å²) in [5.74, 6) is 0.971. The Morgan fingerprint density at radius 2 is 1.84 bits per heavy atom. The van der Waals surface area contributed by atoms with Gasteiger partial charge in [-0.2, -0.15) is 0 Å². The molecule has 0 radical (unpaired) electrons. The molecule has 1 unspecified atom stereocenters. The number of fused-ring (bicyclic) bond motifs is 1. The third-order valence-corrected chi connectivity index (χ3v) is 3.46. The van der Waals surface area contributed by atoms with Gasteiger partial charge in [0, 0.05) is 0 Å². The molecule has 2 aromatic carbocycles. The standard InChI is InChI=1S/C17H23NO/c1-2-16(9-5-6-12-18)19-17-11-10-14-7-3-4-8-15(14)13-17/h3-4,7-8,10-11,13,16H,2,5-6,9,12,18H2,1H3. The van der Waals surface area contributed by atoms with Crippen LogP contribution in [0.2, 0.25) is 0 Å². The second-order valence-electron chi connectivity index (χ2n) is 4.94. The largest absolute Gasteiger partial charge is 0.490 e. The molecule has 102 valence electrons. The van der Waals surface area contributed by atoms with Crippen molar-refractivity contribution in [2.75, 3.05) is 6.54 Å². The molecule has 1 atom stereocenters. The summed E-state index contributed by atoms with van der Waals surface area (Å²) in [6, 6.07) is 14.7. The normalized spacial score (nSPS) is 12.5. The van der Waals surface area contributed by atoms with Gasteiger partial charge in [-0.1, -0.05) is 37.3 Å². The van der Waals surface area contributed by atoms with Gasteiger partial charge in [0.1, 0.15) is 5.75 Å². The maximum Gasteiger partial charge on any atom is 0.120 e.